The van der Waals surface area contributed by atoms with E-state index >= 15 is 0 Å². The first kappa shape index (κ1) is 22.3. The van der Waals surface area contributed by atoms with Gasteiger partial charge in [-0.15, -0.1) is 0 Å². The molecule has 0 radical (unpaired) electrons. The van der Waals surface area contributed by atoms with Gasteiger partial charge in [-0.25, -0.2) is 4.79 Å². The standard InChI is InChI=1S/C23H27N3O5/c1-3-19(27)25-18-11-7-10-17(14-18)21-20(22(28)24-12-13-30-2)26(23(29)31-21)15-16-8-5-4-6-9-16/h4-11,14,20-21H,3,12-13,15H2,1-2H3,(H,24,28)(H,25,27). The van der Waals surface area contributed by atoms with Gasteiger partial charge < -0.3 is 20.1 Å². The zero-order valence-corrected chi connectivity index (χ0v) is 17.7. The number of nitrogens with one attached hydrogen (secondary N) is 2. The van der Waals surface area contributed by atoms with Crippen LogP contribution in [0.2, 0.25) is 0 Å². The summed E-state index contributed by atoms with van der Waals surface area (Å²) >= 11 is 0. The van der Waals surface area contributed by atoms with Crippen molar-refractivity contribution in [2.45, 2.75) is 32.0 Å². The van der Waals surface area contributed by atoms with E-state index in [2.05, 4.69) is 10.6 Å². The van der Waals surface area contributed by atoms with Crippen molar-refractivity contribution in [2.75, 3.05) is 25.6 Å². The van der Waals surface area contributed by atoms with E-state index in [1.807, 2.05) is 30.3 Å². The average Bonchev–Trinajstić information content (AvgIpc) is 3.10. The van der Waals surface area contributed by atoms with Crippen LogP contribution < -0.4 is 10.6 Å². The molecule has 2 N–H and O–H groups in total. The van der Waals surface area contributed by atoms with Gasteiger partial charge in [0, 0.05) is 25.8 Å². The summed E-state index contributed by atoms with van der Waals surface area (Å²) in [5, 5.41) is 5.60. The molecule has 3 rings (SSSR count). The lowest BCUT2D eigenvalue weighted by atomic mass is 10.00. The summed E-state index contributed by atoms with van der Waals surface area (Å²) in [7, 11) is 1.55. The third kappa shape index (κ3) is 5.61. The summed E-state index contributed by atoms with van der Waals surface area (Å²) in [6, 6.07) is 15.6. The van der Waals surface area contributed by atoms with Gasteiger partial charge in [0.2, 0.25) is 11.8 Å². The Morgan fingerprint density at radius 3 is 2.61 bits per heavy atom. The van der Waals surface area contributed by atoms with Crippen molar-refractivity contribution in [1.82, 2.24) is 10.2 Å². The van der Waals surface area contributed by atoms with Crippen LogP contribution in [0, 0.1) is 0 Å². The van der Waals surface area contributed by atoms with Gasteiger partial charge in [-0.2, -0.15) is 0 Å². The van der Waals surface area contributed by atoms with E-state index < -0.39 is 18.2 Å². The molecule has 1 fully saturated rings. The largest absolute Gasteiger partial charge is 0.438 e. The third-order valence-corrected chi connectivity index (χ3v) is 4.97. The molecular weight excluding hydrogens is 398 g/mol. The summed E-state index contributed by atoms with van der Waals surface area (Å²) in [6.45, 7) is 2.68. The minimum absolute atomic E-state index is 0.125. The second kappa shape index (κ2) is 10.6. The second-order valence-electron chi connectivity index (χ2n) is 7.17. The molecule has 2 aromatic rings. The summed E-state index contributed by atoms with van der Waals surface area (Å²) in [5.74, 6) is -0.452. The van der Waals surface area contributed by atoms with Gasteiger partial charge in [0.15, 0.2) is 12.1 Å². The molecule has 2 atom stereocenters. The Morgan fingerprint density at radius 1 is 1.13 bits per heavy atom. The van der Waals surface area contributed by atoms with Gasteiger partial charge in [-0.05, 0) is 23.3 Å². The maximum absolute atomic E-state index is 13.0. The molecule has 0 spiro atoms. The molecule has 2 aromatic carbocycles. The van der Waals surface area contributed by atoms with E-state index in [9.17, 15) is 14.4 Å². The fourth-order valence-electron chi connectivity index (χ4n) is 3.41. The molecule has 3 amide bonds. The summed E-state index contributed by atoms with van der Waals surface area (Å²) in [6.07, 6.45) is -1.03. The van der Waals surface area contributed by atoms with E-state index in [4.69, 9.17) is 9.47 Å². The topological polar surface area (TPSA) is 97.0 Å². The quantitative estimate of drug-likeness (QED) is 0.602. The Hall–Kier alpha value is -3.39. The Labute approximate surface area is 181 Å². The van der Waals surface area contributed by atoms with E-state index in [0.29, 0.717) is 30.8 Å². The summed E-state index contributed by atoms with van der Waals surface area (Å²) in [5.41, 5.74) is 2.10. The number of hydrogen-bond acceptors (Lipinski definition) is 5. The number of cyclic esters (lactones) is 1. The number of benzene rings is 2. The average molecular weight is 425 g/mol. The Balaban J connectivity index is 1.88. The summed E-state index contributed by atoms with van der Waals surface area (Å²) < 4.78 is 10.6. The van der Waals surface area contributed by atoms with Gasteiger partial charge in [0.25, 0.3) is 0 Å². The number of hydrogen-bond donors (Lipinski definition) is 2. The zero-order valence-electron chi connectivity index (χ0n) is 17.7. The summed E-state index contributed by atoms with van der Waals surface area (Å²) in [4.78, 5) is 39.0. The van der Waals surface area contributed by atoms with Crippen LogP contribution in [0.1, 0.15) is 30.6 Å². The number of rotatable bonds is 9. The van der Waals surface area contributed by atoms with Crippen LogP contribution in [0.25, 0.3) is 0 Å². The van der Waals surface area contributed by atoms with Crippen LogP contribution in [0.4, 0.5) is 10.5 Å². The minimum atomic E-state index is -0.860. The molecule has 2 unspecified atom stereocenters. The molecule has 1 saturated heterocycles. The smallest absolute Gasteiger partial charge is 0.411 e. The van der Waals surface area contributed by atoms with Gasteiger partial charge in [-0.3, -0.25) is 14.5 Å². The predicted molar refractivity (Wildman–Crippen MR) is 115 cm³/mol. The Kier molecular flexibility index (Phi) is 7.61. The molecule has 164 valence electrons. The van der Waals surface area contributed by atoms with E-state index in [1.54, 1.807) is 38.3 Å². The number of nitrogens with zero attached hydrogens (tertiary/aromatic N) is 1. The van der Waals surface area contributed by atoms with Crippen molar-refractivity contribution in [3.8, 4) is 0 Å². The molecule has 0 aromatic heterocycles. The van der Waals surface area contributed by atoms with Crippen LogP contribution in [0.15, 0.2) is 54.6 Å². The first-order valence-corrected chi connectivity index (χ1v) is 10.2. The number of ether oxygens (including phenoxy) is 2. The highest BCUT2D eigenvalue weighted by molar-refractivity contribution is 5.91. The molecule has 8 nitrogen and oxygen atoms in total. The van der Waals surface area contributed by atoms with Gasteiger partial charge in [-0.1, -0.05) is 49.4 Å². The number of methoxy groups -OCH3 is 1. The molecule has 8 heteroatoms. The van der Waals surface area contributed by atoms with Crippen molar-refractivity contribution in [3.63, 3.8) is 0 Å². The van der Waals surface area contributed by atoms with Crippen molar-refractivity contribution in [3.05, 3.63) is 65.7 Å². The molecule has 1 heterocycles. The molecule has 1 aliphatic heterocycles. The van der Waals surface area contributed by atoms with Crippen molar-refractivity contribution >= 4 is 23.6 Å². The lowest BCUT2D eigenvalue weighted by molar-refractivity contribution is -0.126. The zero-order chi connectivity index (χ0) is 22.2. The van der Waals surface area contributed by atoms with Crippen molar-refractivity contribution < 1.29 is 23.9 Å². The fourth-order valence-corrected chi connectivity index (χ4v) is 3.41. The number of amides is 3. The molecule has 31 heavy (non-hydrogen) atoms. The second-order valence-corrected chi connectivity index (χ2v) is 7.17. The normalized spacial score (nSPS) is 17.9. The highest BCUT2D eigenvalue weighted by Gasteiger charge is 2.46. The molecule has 0 bridgehead atoms. The van der Waals surface area contributed by atoms with E-state index in [1.165, 1.54) is 4.90 Å². The third-order valence-electron chi connectivity index (χ3n) is 4.97. The monoisotopic (exact) mass is 425 g/mol. The Morgan fingerprint density at radius 2 is 1.90 bits per heavy atom. The fraction of sp³-hybridized carbons (Fsp3) is 0.348. The Bertz CT molecular complexity index is 918. The molecule has 0 aliphatic carbocycles. The maximum Gasteiger partial charge on any atom is 0.411 e. The highest BCUT2D eigenvalue weighted by atomic mass is 16.6. The van der Waals surface area contributed by atoms with Crippen LogP contribution in [-0.4, -0.2) is 49.1 Å². The minimum Gasteiger partial charge on any atom is -0.438 e. The molecular formula is C23H27N3O5. The number of anilines is 1. The van der Waals surface area contributed by atoms with Crippen molar-refractivity contribution in [2.24, 2.45) is 0 Å². The van der Waals surface area contributed by atoms with Gasteiger partial charge in [0.1, 0.15) is 0 Å². The molecule has 1 aliphatic rings. The first-order valence-electron chi connectivity index (χ1n) is 10.2. The maximum atomic E-state index is 13.0. The number of carbonyl (C=O) groups excluding carboxylic acids is 3. The molecule has 0 saturated carbocycles. The van der Waals surface area contributed by atoms with Crippen LogP contribution in [0.5, 0.6) is 0 Å². The first-order chi connectivity index (χ1) is 15.0. The van der Waals surface area contributed by atoms with Crippen LogP contribution >= 0.6 is 0 Å². The SMILES string of the molecule is CCC(=O)Nc1cccc(C2OC(=O)N(Cc3ccccc3)C2C(=O)NCCOC)c1. The predicted octanol–water partition coefficient (Wildman–Crippen LogP) is 2.86. The lowest BCUT2D eigenvalue weighted by Gasteiger charge is -2.24. The van der Waals surface area contributed by atoms with E-state index in [-0.39, 0.29) is 18.4 Å². The number of carbonyl (C=O) groups is 3. The van der Waals surface area contributed by atoms with Gasteiger partial charge in [0.05, 0.1) is 13.2 Å². The van der Waals surface area contributed by atoms with Crippen molar-refractivity contribution in [1.29, 1.82) is 0 Å². The van der Waals surface area contributed by atoms with Gasteiger partial charge >= 0.3 is 6.09 Å². The lowest BCUT2D eigenvalue weighted by Crippen LogP contribution is -2.47. The van der Waals surface area contributed by atoms with Crippen LogP contribution in [-0.2, 0) is 25.6 Å². The van der Waals surface area contributed by atoms with E-state index in [0.717, 1.165) is 5.56 Å². The highest BCUT2D eigenvalue weighted by Crippen LogP contribution is 2.35. The van der Waals surface area contributed by atoms with Crippen LogP contribution in [0.3, 0.4) is 0 Å².